The molecule has 1 aliphatic rings. The van der Waals surface area contributed by atoms with Gasteiger partial charge in [0.2, 0.25) is 0 Å². The highest BCUT2D eigenvalue weighted by Crippen LogP contribution is 2.25. The van der Waals surface area contributed by atoms with Crippen LogP contribution in [0.3, 0.4) is 0 Å². The Labute approximate surface area is 118 Å². The zero-order chi connectivity index (χ0) is 13.9. The highest BCUT2D eigenvalue weighted by atomic mass is 32.2. The average Bonchev–Trinajstić information content (AvgIpc) is 2.88. The Hall–Kier alpha value is -0.910. The maximum Gasteiger partial charge on any atom is 0.314 e. The largest absolute Gasteiger partial charge is 0.481 e. The second-order valence-electron chi connectivity index (χ2n) is 4.83. The molecule has 1 saturated heterocycles. The average molecular weight is 288 g/mol. The third-order valence-electron chi connectivity index (χ3n) is 3.12. The van der Waals surface area contributed by atoms with Crippen molar-refractivity contribution in [3.05, 3.63) is 0 Å². The molecule has 1 heterocycles. The van der Waals surface area contributed by atoms with Gasteiger partial charge in [-0.05, 0) is 31.4 Å². The first-order valence-electron chi connectivity index (χ1n) is 7.03. The summed E-state index contributed by atoms with van der Waals surface area (Å²) >= 11 is 1.93. The van der Waals surface area contributed by atoms with Crippen molar-refractivity contribution < 1.29 is 14.7 Å². The zero-order valence-electron chi connectivity index (χ0n) is 11.3. The number of rotatable bonds is 9. The van der Waals surface area contributed by atoms with E-state index in [9.17, 15) is 9.59 Å². The number of carbonyl (C=O) groups excluding carboxylic acids is 1. The van der Waals surface area contributed by atoms with Gasteiger partial charge in [0.15, 0.2) is 0 Å². The number of thioether (sulfide) groups is 1. The van der Waals surface area contributed by atoms with Crippen LogP contribution in [0.5, 0.6) is 0 Å². The molecule has 3 N–H and O–H groups in total. The molecule has 0 bridgehead atoms. The molecule has 110 valence electrons. The summed E-state index contributed by atoms with van der Waals surface area (Å²) in [4.78, 5) is 21.8. The molecule has 0 aromatic heterocycles. The van der Waals surface area contributed by atoms with Gasteiger partial charge in [-0.1, -0.05) is 12.8 Å². The molecule has 2 amide bonds. The lowest BCUT2D eigenvalue weighted by Crippen LogP contribution is -2.39. The molecule has 1 unspecified atom stereocenters. The minimum Gasteiger partial charge on any atom is -0.481 e. The van der Waals surface area contributed by atoms with Crippen molar-refractivity contribution in [1.82, 2.24) is 10.6 Å². The molecule has 0 spiro atoms. The normalized spacial score (nSPS) is 18.2. The Morgan fingerprint density at radius 1 is 1.16 bits per heavy atom. The number of aliphatic carboxylic acids is 1. The lowest BCUT2D eigenvalue weighted by Gasteiger charge is -2.11. The molecular weight excluding hydrogens is 264 g/mol. The van der Waals surface area contributed by atoms with Crippen LogP contribution >= 0.6 is 11.8 Å². The maximum absolute atomic E-state index is 11.5. The predicted molar refractivity (Wildman–Crippen MR) is 77.6 cm³/mol. The fraction of sp³-hybridized carbons (Fsp3) is 0.846. The molecule has 0 aliphatic carbocycles. The van der Waals surface area contributed by atoms with Gasteiger partial charge in [-0.3, -0.25) is 4.79 Å². The Morgan fingerprint density at radius 3 is 2.63 bits per heavy atom. The Bertz CT molecular complexity index is 281. The van der Waals surface area contributed by atoms with Crippen LogP contribution in [0.25, 0.3) is 0 Å². The third kappa shape index (κ3) is 8.75. The summed E-state index contributed by atoms with van der Waals surface area (Å²) in [5.74, 6) is 0.479. The second-order valence-corrected chi connectivity index (χ2v) is 6.24. The molecule has 0 aromatic rings. The van der Waals surface area contributed by atoms with E-state index in [4.69, 9.17) is 5.11 Å². The zero-order valence-corrected chi connectivity index (χ0v) is 12.1. The van der Waals surface area contributed by atoms with Gasteiger partial charge in [0.05, 0.1) is 0 Å². The van der Waals surface area contributed by atoms with E-state index in [2.05, 4.69) is 10.6 Å². The lowest BCUT2D eigenvalue weighted by molar-refractivity contribution is -0.137. The van der Waals surface area contributed by atoms with Crippen molar-refractivity contribution >= 4 is 23.8 Å². The molecule has 5 nitrogen and oxygen atoms in total. The van der Waals surface area contributed by atoms with Gasteiger partial charge in [-0.25, -0.2) is 4.79 Å². The molecule has 1 rings (SSSR count). The number of carbonyl (C=O) groups is 2. The standard InChI is InChI=1S/C13H24N2O3S/c16-12(17)7-3-1-2-4-8-14-13(18)15-10-11-6-5-9-19-11/h11H,1-10H2,(H,16,17)(H2,14,15,18). The van der Waals surface area contributed by atoms with E-state index >= 15 is 0 Å². The molecule has 0 radical (unpaired) electrons. The fourth-order valence-electron chi connectivity index (χ4n) is 2.03. The van der Waals surface area contributed by atoms with Gasteiger partial charge in [-0.15, -0.1) is 0 Å². The van der Waals surface area contributed by atoms with E-state index in [0.717, 1.165) is 32.2 Å². The smallest absolute Gasteiger partial charge is 0.314 e. The van der Waals surface area contributed by atoms with E-state index in [1.165, 1.54) is 18.6 Å². The molecular formula is C13H24N2O3S. The monoisotopic (exact) mass is 288 g/mol. The van der Waals surface area contributed by atoms with Crippen LogP contribution in [0.15, 0.2) is 0 Å². The third-order valence-corrected chi connectivity index (χ3v) is 4.52. The number of hydrogen-bond donors (Lipinski definition) is 3. The Morgan fingerprint density at radius 2 is 1.95 bits per heavy atom. The van der Waals surface area contributed by atoms with E-state index in [0.29, 0.717) is 11.8 Å². The number of nitrogens with one attached hydrogen (secondary N) is 2. The first-order valence-corrected chi connectivity index (χ1v) is 8.08. The maximum atomic E-state index is 11.5. The van der Waals surface area contributed by atoms with Crippen LogP contribution < -0.4 is 10.6 Å². The topological polar surface area (TPSA) is 78.4 Å². The van der Waals surface area contributed by atoms with Crippen LogP contribution in [0, 0.1) is 0 Å². The van der Waals surface area contributed by atoms with Gasteiger partial charge in [0, 0.05) is 24.8 Å². The summed E-state index contributed by atoms with van der Waals surface area (Å²) in [6, 6.07) is -0.0852. The van der Waals surface area contributed by atoms with Gasteiger partial charge < -0.3 is 15.7 Å². The summed E-state index contributed by atoms with van der Waals surface area (Å²) in [6.07, 6.45) is 6.21. The number of hydrogen-bond acceptors (Lipinski definition) is 3. The molecule has 1 fully saturated rings. The predicted octanol–water partition coefficient (Wildman–Crippen LogP) is 2.22. The van der Waals surface area contributed by atoms with E-state index in [-0.39, 0.29) is 12.5 Å². The van der Waals surface area contributed by atoms with Gasteiger partial charge >= 0.3 is 12.0 Å². The molecule has 1 aliphatic heterocycles. The molecule has 6 heteroatoms. The summed E-state index contributed by atoms with van der Waals surface area (Å²) in [6.45, 7) is 1.42. The lowest BCUT2D eigenvalue weighted by atomic mass is 10.1. The summed E-state index contributed by atoms with van der Waals surface area (Å²) in [5.41, 5.74) is 0. The quantitative estimate of drug-likeness (QED) is 0.568. The minimum absolute atomic E-state index is 0.0852. The van der Waals surface area contributed by atoms with Gasteiger partial charge in [0.25, 0.3) is 0 Å². The van der Waals surface area contributed by atoms with Crippen LogP contribution in [0.2, 0.25) is 0 Å². The van der Waals surface area contributed by atoms with Crippen molar-refractivity contribution in [2.45, 2.75) is 50.2 Å². The Kier molecular flexibility index (Phi) is 8.45. The molecule has 0 saturated carbocycles. The number of carboxylic acid groups (broad SMARTS) is 1. The van der Waals surface area contributed by atoms with Crippen molar-refractivity contribution in [3.63, 3.8) is 0 Å². The highest BCUT2D eigenvalue weighted by molar-refractivity contribution is 8.00. The van der Waals surface area contributed by atoms with E-state index < -0.39 is 5.97 Å². The van der Waals surface area contributed by atoms with E-state index in [1.807, 2.05) is 11.8 Å². The van der Waals surface area contributed by atoms with Crippen molar-refractivity contribution in [1.29, 1.82) is 0 Å². The molecule has 1 atom stereocenters. The highest BCUT2D eigenvalue weighted by Gasteiger charge is 2.15. The van der Waals surface area contributed by atoms with Crippen molar-refractivity contribution in [2.24, 2.45) is 0 Å². The van der Waals surface area contributed by atoms with Crippen LogP contribution in [-0.4, -0.2) is 41.2 Å². The van der Waals surface area contributed by atoms with Crippen molar-refractivity contribution in [2.75, 3.05) is 18.8 Å². The SMILES string of the molecule is O=C(O)CCCCCCNC(=O)NCC1CCCS1. The van der Waals surface area contributed by atoms with Gasteiger partial charge in [0.1, 0.15) is 0 Å². The molecule has 19 heavy (non-hydrogen) atoms. The van der Waals surface area contributed by atoms with Crippen LogP contribution in [0.1, 0.15) is 44.9 Å². The van der Waals surface area contributed by atoms with Gasteiger partial charge in [-0.2, -0.15) is 11.8 Å². The molecule has 0 aromatic carbocycles. The summed E-state index contributed by atoms with van der Waals surface area (Å²) in [5, 5.41) is 14.8. The Balaban J connectivity index is 1.85. The number of urea groups is 1. The van der Waals surface area contributed by atoms with Crippen LogP contribution in [0.4, 0.5) is 4.79 Å². The number of amides is 2. The first-order chi connectivity index (χ1) is 9.18. The van der Waals surface area contributed by atoms with E-state index in [1.54, 1.807) is 0 Å². The summed E-state index contributed by atoms with van der Waals surface area (Å²) in [7, 11) is 0. The number of unbranched alkanes of at least 4 members (excludes halogenated alkanes) is 3. The second kappa shape index (κ2) is 9.95. The van der Waals surface area contributed by atoms with Crippen LogP contribution in [-0.2, 0) is 4.79 Å². The summed E-state index contributed by atoms with van der Waals surface area (Å²) < 4.78 is 0. The fourth-order valence-corrected chi connectivity index (χ4v) is 3.23. The van der Waals surface area contributed by atoms with Crippen molar-refractivity contribution in [3.8, 4) is 0 Å². The minimum atomic E-state index is -0.734. The first kappa shape index (κ1) is 16.1. The number of carboxylic acids is 1.